The number of carbonyl (C=O) groups is 3. The molecule has 3 aromatic carbocycles. The Morgan fingerprint density at radius 2 is 1.63 bits per heavy atom. The highest BCUT2D eigenvalue weighted by Gasteiger charge is 2.35. The lowest BCUT2D eigenvalue weighted by Crippen LogP contribution is -2.50. The number of hydrogen-bond acceptors (Lipinski definition) is 15. The molecule has 3 aliphatic heterocycles. The zero-order valence-electron chi connectivity index (χ0n) is 36.0. The maximum Gasteiger partial charge on any atom is 0.276 e. The fourth-order valence-corrected chi connectivity index (χ4v) is 8.51. The number of anilines is 2. The molecule has 0 bridgehead atoms. The first kappa shape index (κ1) is 43.5. The van der Waals surface area contributed by atoms with Gasteiger partial charge < -0.3 is 34.9 Å². The average molecular weight is 885 g/mol. The molecule has 3 aliphatic rings. The topological polar surface area (TPSA) is 219 Å². The van der Waals surface area contributed by atoms with Crippen LogP contribution in [0.4, 0.5) is 11.5 Å². The van der Waals surface area contributed by atoms with Crippen molar-refractivity contribution >= 4 is 40.3 Å². The SMILES string of the molecule is Nc1ncnc2c1c(-c1ccc(Oc3ccccc3)cc1)nn2[C@@H]1CCCN(C(=O)c2cn(CCOCCOCCOCCNc3ccc4c(c3)CN(C3CCC(=O)NC3=O)C4)nn2)C1. The molecule has 6 aromatic rings. The molecule has 1 unspecified atom stereocenters. The highest BCUT2D eigenvalue weighted by atomic mass is 16.5. The standard InChI is InChI=1S/C46H52N12O7/c47-43-41-42(31-9-12-37(13-10-31)65-36-6-2-1-3-7-36)53-58(44(41)50-30-49-43)35-5-4-17-55(28-35)46(61)38-29-57(54-52-38)18-20-63-22-24-64-23-21-62-19-16-48-34-11-8-32-26-56(27-33(32)25-34)39-14-15-40(59)51-45(39)60/h1-3,6-13,25,29-30,35,39,48H,4-5,14-24,26-28H2,(H2,47,49,50)(H,51,59,60)/t35-,39?/m1/s1. The summed E-state index contributed by atoms with van der Waals surface area (Å²) < 4.78 is 26.6. The van der Waals surface area contributed by atoms with Gasteiger partial charge in [0.05, 0.1) is 69.9 Å². The summed E-state index contributed by atoms with van der Waals surface area (Å²) in [5, 5.41) is 19.9. The van der Waals surface area contributed by atoms with Crippen LogP contribution in [0.25, 0.3) is 22.3 Å². The Bertz CT molecular complexity index is 2600. The minimum absolute atomic E-state index is 0.140. The number of nitrogens with two attached hydrogens (primary N) is 1. The third-order valence-corrected chi connectivity index (χ3v) is 11.8. The highest BCUT2D eigenvalue weighted by Crippen LogP contribution is 2.35. The molecule has 0 saturated carbocycles. The van der Waals surface area contributed by atoms with E-state index in [4.69, 9.17) is 29.8 Å². The van der Waals surface area contributed by atoms with Crippen LogP contribution in [-0.2, 0) is 43.4 Å². The zero-order valence-corrected chi connectivity index (χ0v) is 36.0. The number of ether oxygens (including phenoxy) is 4. The second-order valence-corrected chi connectivity index (χ2v) is 16.2. The molecule has 19 heteroatoms. The smallest absolute Gasteiger partial charge is 0.276 e. The lowest BCUT2D eigenvalue weighted by Gasteiger charge is -2.32. The Hall–Kier alpha value is -6.80. The number of amides is 3. The van der Waals surface area contributed by atoms with Gasteiger partial charge in [-0.3, -0.25) is 24.6 Å². The summed E-state index contributed by atoms with van der Waals surface area (Å²) in [5.74, 6) is 1.18. The molecular formula is C46H52N12O7. The predicted octanol–water partition coefficient (Wildman–Crippen LogP) is 4.22. The predicted molar refractivity (Wildman–Crippen MR) is 239 cm³/mol. The second-order valence-electron chi connectivity index (χ2n) is 16.2. The van der Waals surface area contributed by atoms with E-state index in [0.717, 1.165) is 29.8 Å². The Morgan fingerprint density at radius 1 is 0.862 bits per heavy atom. The van der Waals surface area contributed by atoms with Gasteiger partial charge in [0.2, 0.25) is 11.8 Å². The Morgan fingerprint density at radius 3 is 2.45 bits per heavy atom. The number of carbonyl (C=O) groups excluding carboxylic acids is 3. The molecule has 338 valence electrons. The van der Waals surface area contributed by atoms with E-state index in [0.29, 0.717) is 120 Å². The van der Waals surface area contributed by atoms with Gasteiger partial charge in [0.25, 0.3) is 5.91 Å². The summed E-state index contributed by atoms with van der Waals surface area (Å²) in [6.07, 6.45) is 5.61. The van der Waals surface area contributed by atoms with Crippen molar-refractivity contribution in [3.05, 3.63) is 102 Å². The van der Waals surface area contributed by atoms with Gasteiger partial charge >= 0.3 is 0 Å². The average Bonchev–Trinajstić information content (AvgIpc) is 4.08. The molecule has 2 fully saturated rings. The maximum absolute atomic E-state index is 13.7. The van der Waals surface area contributed by atoms with Crippen molar-refractivity contribution in [3.8, 4) is 22.8 Å². The molecular weight excluding hydrogens is 833 g/mol. The van der Waals surface area contributed by atoms with Gasteiger partial charge in [0, 0.05) is 50.4 Å². The largest absolute Gasteiger partial charge is 0.457 e. The first-order valence-electron chi connectivity index (χ1n) is 22.0. The number of benzene rings is 3. The minimum Gasteiger partial charge on any atom is -0.457 e. The first-order valence-corrected chi connectivity index (χ1v) is 22.0. The number of nitrogens with zero attached hydrogens (tertiary/aromatic N) is 9. The number of nitrogens with one attached hydrogen (secondary N) is 2. The Labute approximate surface area is 375 Å². The Balaban J connectivity index is 0.667. The number of hydrogen-bond donors (Lipinski definition) is 3. The molecule has 6 heterocycles. The molecule has 0 radical (unpaired) electrons. The lowest BCUT2D eigenvalue weighted by atomic mass is 10.0. The summed E-state index contributed by atoms with van der Waals surface area (Å²) in [7, 11) is 0. The summed E-state index contributed by atoms with van der Waals surface area (Å²) in [6, 6.07) is 23.1. The fraction of sp³-hybridized carbons (Fsp3) is 0.391. The van der Waals surface area contributed by atoms with Gasteiger partial charge in [-0.2, -0.15) is 5.10 Å². The van der Waals surface area contributed by atoms with Crippen molar-refractivity contribution in [2.24, 2.45) is 0 Å². The van der Waals surface area contributed by atoms with Crippen molar-refractivity contribution in [2.75, 3.05) is 70.3 Å². The van der Waals surface area contributed by atoms with E-state index < -0.39 is 0 Å². The molecule has 2 atom stereocenters. The van der Waals surface area contributed by atoms with Gasteiger partial charge in [0.15, 0.2) is 11.3 Å². The third-order valence-electron chi connectivity index (χ3n) is 11.8. The van der Waals surface area contributed by atoms with Gasteiger partial charge in [0.1, 0.15) is 29.3 Å². The van der Waals surface area contributed by atoms with Crippen LogP contribution >= 0.6 is 0 Å². The molecule has 9 rings (SSSR count). The molecule has 0 spiro atoms. The first-order chi connectivity index (χ1) is 31.9. The van der Waals surface area contributed by atoms with E-state index >= 15 is 0 Å². The van der Waals surface area contributed by atoms with Crippen LogP contribution in [0, 0.1) is 0 Å². The number of para-hydroxylation sites is 1. The number of piperidine rings is 2. The number of likely N-dealkylation sites (tertiary alicyclic amines) is 1. The molecule has 3 aromatic heterocycles. The van der Waals surface area contributed by atoms with Gasteiger partial charge in [-0.15, -0.1) is 5.10 Å². The molecule has 65 heavy (non-hydrogen) atoms. The van der Waals surface area contributed by atoms with E-state index in [1.165, 1.54) is 17.5 Å². The molecule has 0 aliphatic carbocycles. The van der Waals surface area contributed by atoms with E-state index in [9.17, 15) is 14.4 Å². The van der Waals surface area contributed by atoms with Crippen LogP contribution in [-0.4, -0.2) is 128 Å². The van der Waals surface area contributed by atoms with Crippen molar-refractivity contribution in [2.45, 2.75) is 57.4 Å². The third kappa shape index (κ3) is 10.4. The summed E-state index contributed by atoms with van der Waals surface area (Å²) in [6.45, 7) is 6.12. The number of rotatable bonds is 19. The number of aromatic nitrogens is 7. The maximum atomic E-state index is 13.7. The van der Waals surface area contributed by atoms with E-state index in [1.54, 1.807) is 15.8 Å². The number of nitrogen functional groups attached to an aromatic ring is 1. The van der Waals surface area contributed by atoms with Crippen LogP contribution in [0.3, 0.4) is 0 Å². The molecule has 4 N–H and O–H groups in total. The summed E-state index contributed by atoms with van der Waals surface area (Å²) in [4.78, 5) is 50.3. The van der Waals surface area contributed by atoms with E-state index in [2.05, 4.69) is 47.9 Å². The normalized spacial score (nSPS) is 17.6. The number of imide groups is 1. The van der Waals surface area contributed by atoms with Crippen molar-refractivity contribution in [1.82, 2.24) is 49.9 Å². The van der Waals surface area contributed by atoms with E-state index in [1.807, 2.05) is 65.3 Å². The molecule has 2 saturated heterocycles. The molecule has 19 nitrogen and oxygen atoms in total. The second kappa shape index (κ2) is 20.4. The summed E-state index contributed by atoms with van der Waals surface area (Å²) >= 11 is 0. The van der Waals surface area contributed by atoms with Crippen molar-refractivity contribution in [3.63, 3.8) is 0 Å². The highest BCUT2D eigenvalue weighted by molar-refractivity contribution is 6.00. The van der Waals surface area contributed by atoms with Gasteiger partial charge in [-0.25, -0.2) is 19.3 Å². The number of fused-ring (bicyclic) bond motifs is 2. The summed E-state index contributed by atoms with van der Waals surface area (Å²) in [5.41, 5.74) is 12.2. The van der Waals surface area contributed by atoms with Crippen molar-refractivity contribution in [1.29, 1.82) is 0 Å². The fourth-order valence-electron chi connectivity index (χ4n) is 8.51. The Kier molecular flexibility index (Phi) is 13.6. The van der Waals surface area contributed by atoms with E-state index in [-0.39, 0.29) is 35.5 Å². The van der Waals surface area contributed by atoms with Crippen LogP contribution in [0.2, 0.25) is 0 Å². The van der Waals surface area contributed by atoms with Gasteiger partial charge in [-0.05, 0) is 78.9 Å². The van der Waals surface area contributed by atoms with Crippen molar-refractivity contribution < 1.29 is 33.3 Å². The monoisotopic (exact) mass is 884 g/mol. The van der Waals surface area contributed by atoms with Crippen LogP contribution in [0.15, 0.2) is 85.3 Å². The molecule has 3 amide bonds. The van der Waals surface area contributed by atoms with Crippen LogP contribution < -0.4 is 21.1 Å². The quantitative estimate of drug-likeness (QED) is 0.0766. The minimum atomic E-state index is -0.267. The van der Waals surface area contributed by atoms with Gasteiger partial charge in [-0.1, -0.05) is 29.5 Å². The zero-order chi connectivity index (χ0) is 44.5. The van der Waals surface area contributed by atoms with Crippen LogP contribution in [0.5, 0.6) is 11.5 Å². The van der Waals surface area contributed by atoms with Crippen LogP contribution in [0.1, 0.15) is 53.3 Å². The lowest BCUT2D eigenvalue weighted by molar-refractivity contribution is -0.137.